The molecule has 0 saturated carbocycles. The van der Waals surface area contributed by atoms with Crippen LogP contribution < -0.4 is 5.32 Å². The van der Waals surface area contributed by atoms with Crippen LogP contribution in [0, 0.1) is 0 Å². The first-order valence-corrected chi connectivity index (χ1v) is 3.34. The van der Waals surface area contributed by atoms with Crippen LogP contribution >= 0.6 is 0 Å². The fourth-order valence-electron chi connectivity index (χ4n) is 1.22. The topological polar surface area (TPSA) is 44.7 Å². The molecule has 2 N–H and O–H groups in total. The van der Waals surface area contributed by atoms with Crippen LogP contribution in [0.25, 0.3) is 0 Å². The van der Waals surface area contributed by atoms with Crippen LogP contribution in [-0.2, 0) is 4.84 Å². The molecule has 1 heterocycles. The van der Waals surface area contributed by atoms with E-state index in [0.29, 0.717) is 6.54 Å². The Morgan fingerprint density at radius 1 is 1.70 bits per heavy atom. The summed E-state index contributed by atoms with van der Waals surface area (Å²) in [6.07, 6.45) is -0.528. The lowest BCUT2D eigenvalue weighted by Crippen LogP contribution is -2.47. The quantitative estimate of drug-likeness (QED) is 0.524. The third-order valence-electron chi connectivity index (χ3n) is 1.74. The summed E-state index contributed by atoms with van der Waals surface area (Å²) in [5.74, 6) is 0. The largest absolute Gasteiger partial charge is 0.375 e. The highest BCUT2D eigenvalue weighted by Gasteiger charge is 2.38. The van der Waals surface area contributed by atoms with Gasteiger partial charge in [-0.15, -0.1) is 5.06 Å². The summed E-state index contributed by atoms with van der Waals surface area (Å²) in [5.41, 5.74) is -0.256. The lowest BCUT2D eigenvalue weighted by molar-refractivity contribution is -0.241. The minimum atomic E-state index is -0.528. The van der Waals surface area contributed by atoms with Gasteiger partial charge in [0.05, 0.1) is 12.8 Å². The molecule has 1 aliphatic rings. The summed E-state index contributed by atoms with van der Waals surface area (Å²) in [4.78, 5) is 4.96. The molecule has 60 valence electrons. The van der Waals surface area contributed by atoms with E-state index in [4.69, 9.17) is 4.84 Å². The van der Waals surface area contributed by atoms with Crippen molar-refractivity contribution in [2.45, 2.75) is 25.7 Å². The predicted octanol–water partition coefficient (Wildman–Crippen LogP) is -0.493. The van der Waals surface area contributed by atoms with E-state index in [1.807, 2.05) is 13.8 Å². The van der Waals surface area contributed by atoms with E-state index in [0.717, 1.165) is 0 Å². The second-order valence-corrected chi connectivity index (χ2v) is 2.93. The van der Waals surface area contributed by atoms with Gasteiger partial charge in [-0.1, -0.05) is 0 Å². The third kappa shape index (κ3) is 1.15. The number of aliphatic hydroxyl groups excluding tert-OH is 1. The van der Waals surface area contributed by atoms with Crippen molar-refractivity contribution in [3.8, 4) is 0 Å². The van der Waals surface area contributed by atoms with Gasteiger partial charge in [0, 0.05) is 6.54 Å². The summed E-state index contributed by atoms with van der Waals surface area (Å²) in [6.45, 7) is 4.46. The fraction of sp³-hybridized carbons (Fsp3) is 1.00. The molecule has 1 atom stereocenters. The maximum Gasteiger partial charge on any atom is 0.144 e. The number of hydrogen-bond acceptors (Lipinski definition) is 4. The minimum Gasteiger partial charge on any atom is -0.375 e. The molecule has 1 fully saturated rings. The molecule has 1 unspecified atom stereocenters. The van der Waals surface area contributed by atoms with Crippen molar-refractivity contribution in [2.75, 3.05) is 13.7 Å². The van der Waals surface area contributed by atoms with Crippen molar-refractivity contribution in [3.05, 3.63) is 0 Å². The fourth-order valence-corrected chi connectivity index (χ4v) is 1.22. The van der Waals surface area contributed by atoms with Crippen molar-refractivity contribution in [2.24, 2.45) is 0 Å². The molecular formula is C6H14N2O2. The summed E-state index contributed by atoms with van der Waals surface area (Å²) in [7, 11) is 1.55. The van der Waals surface area contributed by atoms with Crippen LogP contribution in [0.3, 0.4) is 0 Å². The molecule has 0 spiro atoms. The SMILES string of the molecule is CON1C(O)CNC1(C)C. The smallest absolute Gasteiger partial charge is 0.144 e. The van der Waals surface area contributed by atoms with E-state index in [-0.39, 0.29) is 5.66 Å². The van der Waals surface area contributed by atoms with Crippen LogP contribution in [0.1, 0.15) is 13.8 Å². The van der Waals surface area contributed by atoms with Crippen LogP contribution in [-0.4, -0.2) is 35.7 Å². The molecule has 0 aromatic heterocycles. The lowest BCUT2D eigenvalue weighted by Gasteiger charge is -2.29. The number of aliphatic hydroxyl groups is 1. The van der Waals surface area contributed by atoms with Crippen molar-refractivity contribution < 1.29 is 9.94 Å². The van der Waals surface area contributed by atoms with E-state index >= 15 is 0 Å². The molecule has 0 aromatic carbocycles. The average molecular weight is 146 g/mol. The Balaban J connectivity index is 2.63. The Bertz CT molecular complexity index is 127. The Morgan fingerprint density at radius 2 is 2.30 bits per heavy atom. The average Bonchev–Trinajstić information content (AvgIpc) is 2.07. The highest BCUT2D eigenvalue weighted by atomic mass is 16.7. The number of rotatable bonds is 1. The zero-order valence-electron chi connectivity index (χ0n) is 6.59. The molecule has 0 aromatic rings. The third-order valence-corrected chi connectivity index (χ3v) is 1.74. The van der Waals surface area contributed by atoms with E-state index in [1.165, 1.54) is 5.06 Å². The summed E-state index contributed by atoms with van der Waals surface area (Å²) in [5, 5.41) is 13.9. The molecule has 0 aliphatic carbocycles. The molecule has 10 heavy (non-hydrogen) atoms. The van der Waals surface area contributed by atoms with Crippen molar-refractivity contribution in [1.29, 1.82) is 0 Å². The van der Waals surface area contributed by atoms with Gasteiger partial charge >= 0.3 is 0 Å². The van der Waals surface area contributed by atoms with Gasteiger partial charge < -0.3 is 5.11 Å². The highest BCUT2D eigenvalue weighted by molar-refractivity contribution is 4.83. The normalized spacial score (nSPS) is 33.0. The molecule has 0 radical (unpaired) electrons. The van der Waals surface area contributed by atoms with Crippen molar-refractivity contribution >= 4 is 0 Å². The van der Waals surface area contributed by atoms with Gasteiger partial charge in [0.1, 0.15) is 6.23 Å². The lowest BCUT2D eigenvalue weighted by atomic mass is 10.3. The molecular weight excluding hydrogens is 132 g/mol. The van der Waals surface area contributed by atoms with Crippen LogP contribution in [0.4, 0.5) is 0 Å². The summed E-state index contributed by atoms with van der Waals surface area (Å²) in [6, 6.07) is 0. The van der Waals surface area contributed by atoms with Gasteiger partial charge in [0.2, 0.25) is 0 Å². The first-order chi connectivity index (χ1) is 4.58. The zero-order chi connectivity index (χ0) is 7.78. The molecule has 4 nitrogen and oxygen atoms in total. The number of nitrogens with zero attached hydrogens (tertiary/aromatic N) is 1. The van der Waals surface area contributed by atoms with Gasteiger partial charge in [-0.25, -0.2) is 0 Å². The monoisotopic (exact) mass is 146 g/mol. The van der Waals surface area contributed by atoms with Crippen molar-refractivity contribution in [3.63, 3.8) is 0 Å². The standard InChI is InChI=1S/C6H14N2O2/c1-6(2)7-4-5(9)8(6)10-3/h5,7,9H,4H2,1-3H3. The summed E-state index contributed by atoms with van der Waals surface area (Å²) < 4.78 is 0. The van der Waals surface area contributed by atoms with Gasteiger partial charge in [0.25, 0.3) is 0 Å². The zero-order valence-corrected chi connectivity index (χ0v) is 6.59. The van der Waals surface area contributed by atoms with E-state index in [2.05, 4.69) is 5.32 Å². The van der Waals surface area contributed by atoms with Crippen LogP contribution in [0.15, 0.2) is 0 Å². The number of β-amino-alcohol motifs (C(OH)–C–C–N with tert-alkyl or cyclic N) is 1. The van der Waals surface area contributed by atoms with E-state index in [9.17, 15) is 5.11 Å². The number of nitrogens with one attached hydrogen (secondary N) is 1. The number of hydrogen-bond donors (Lipinski definition) is 2. The molecule has 1 rings (SSSR count). The number of hydroxylamine groups is 2. The Kier molecular flexibility index (Phi) is 1.96. The molecule has 0 amide bonds. The Labute approximate surface area is 60.7 Å². The maximum absolute atomic E-state index is 9.26. The highest BCUT2D eigenvalue weighted by Crippen LogP contribution is 2.18. The molecule has 1 saturated heterocycles. The van der Waals surface area contributed by atoms with Crippen LogP contribution in [0.5, 0.6) is 0 Å². The van der Waals surface area contributed by atoms with Gasteiger partial charge in [0.15, 0.2) is 0 Å². The van der Waals surface area contributed by atoms with Gasteiger partial charge in [-0.2, -0.15) is 0 Å². The predicted molar refractivity (Wildman–Crippen MR) is 36.9 cm³/mol. The molecule has 1 aliphatic heterocycles. The first kappa shape index (κ1) is 7.94. The van der Waals surface area contributed by atoms with Crippen molar-refractivity contribution in [1.82, 2.24) is 10.4 Å². The van der Waals surface area contributed by atoms with Gasteiger partial charge in [-0.3, -0.25) is 10.2 Å². The first-order valence-electron chi connectivity index (χ1n) is 3.34. The maximum atomic E-state index is 9.26. The van der Waals surface area contributed by atoms with E-state index in [1.54, 1.807) is 7.11 Å². The Hall–Kier alpha value is -0.160. The minimum absolute atomic E-state index is 0.256. The second kappa shape index (κ2) is 2.47. The second-order valence-electron chi connectivity index (χ2n) is 2.93. The molecule has 4 heteroatoms. The van der Waals surface area contributed by atoms with E-state index < -0.39 is 6.23 Å². The summed E-state index contributed by atoms with van der Waals surface area (Å²) >= 11 is 0. The van der Waals surface area contributed by atoms with Gasteiger partial charge in [-0.05, 0) is 13.8 Å². The molecule has 0 bridgehead atoms. The van der Waals surface area contributed by atoms with Crippen LogP contribution in [0.2, 0.25) is 0 Å². The Morgan fingerprint density at radius 3 is 2.50 bits per heavy atom.